The van der Waals surface area contributed by atoms with Crippen LogP contribution >= 0.6 is 11.9 Å². The molecule has 0 saturated heterocycles. The molecule has 13 heteroatoms. The summed E-state index contributed by atoms with van der Waals surface area (Å²) in [4.78, 5) is 60.9. The van der Waals surface area contributed by atoms with Gasteiger partial charge in [-0.15, -0.1) is 0 Å². The van der Waals surface area contributed by atoms with E-state index in [2.05, 4.69) is 4.72 Å². The van der Waals surface area contributed by atoms with Crippen LogP contribution < -0.4 is 10.5 Å². The number of nitrogens with zero attached hydrogens (tertiary/aromatic N) is 1. The molecule has 190 valence electrons. The largest absolute Gasteiger partial charge is 0.479 e. The smallest absolute Gasteiger partial charge is 0.410 e. The first kappa shape index (κ1) is 30.6. The fourth-order valence-corrected chi connectivity index (χ4v) is 3.02. The van der Waals surface area contributed by atoms with E-state index in [1.54, 1.807) is 41.5 Å². The number of esters is 2. The number of carboxylic acid groups (broad SMARTS) is 1. The zero-order valence-electron chi connectivity index (χ0n) is 20.3. The maximum atomic E-state index is 12.7. The summed E-state index contributed by atoms with van der Waals surface area (Å²) in [7, 11) is 1.27. The zero-order chi connectivity index (χ0) is 26.1. The number of hydrogen-bond acceptors (Lipinski definition) is 10. The molecule has 0 fully saturated rings. The summed E-state index contributed by atoms with van der Waals surface area (Å²) in [6.45, 7) is 11.1. The number of carboxylic acids is 1. The molecule has 0 aromatic carbocycles. The third kappa shape index (κ3) is 13.0. The van der Waals surface area contributed by atoms with Gasteiger partial charge in [0.15, 0.2) is 6.10 Å². The third-order valence-corrected chi connectivity index (χ3v) is 4.54. The number of aliphatic carboxylic acids is 1. The van der Waals surface area contributed by atoms with Crippen molar-refractivity contribution in [3.63, 3.8) is 0 Å². The normalized spacial score (nSPS) is 14.5. The van der Waals surface area contributed by atoms with Crippen LogP contribution in [0.2, 0.25) is 0 Å². The van der Waals surface area contributed by atoms with Gasteiger partial charge in [0.2, 0.25) is 5.91 Å². The zero-order valence-corrected chi connectivity index (χ0v) is 21.1. The Morgan fingerprint density at radius 2 is 1.58 bits per heavy atom. The molecule has 0 aliphatic rings. The molecular formula is C20H35N3O9S. The quantitative estimate of drug-likeness (QED) is 0.225. The topological polar surface area (TPSA) is 175 Å². The van der Waals surface area contributed by atoms with Gasteiger partial charge in [-0.3, -0.25) is 9.69 Å². The van der Waals surface area contributed by atoms with Gasteiger partial charge in [-0.25, -0.2) is 19.2 Å². The number of hydrogen-bond donors (Lipinski definition) is 3. The summed E-state index contributed by atoms with van der Waals surface area (Å²) in [5.41, 5.74) is 4.08. The number of carbonyl (C=O) groups is 5. The van der Waals surface area contributed by atoms with Gasteiger partial charge in [0.05, 0.1) is 5.60 Å². The van der Waals surface area contributed by atoms with Crippen LogP contribution in [0.3, 0.4) is 0 Å². The van der Waals surface area contributed by atoms with E-state index >= 15 is 0 Å². The lowest BCUT2D eigenvalue weighted by molar-refractivity contribution is -0.167. The highest BCUT2D eigenvalue weighted by Gasteiger charge is 2.35. The molecule has 0 spiro atoms. The van der Waals surface area contributed by atoms with E-state index in [1.165, 1.54) is 14.0 Å². The molecule has 0 aromatic rings. The highest BCUT2D eigenvalue weighted by molar-refractivity contribution is 7.98. The maximum Gasteiger partial charge on any atom is 0.410 e. The second-order valence-electron chi connectivity index (χ2n) is 9.22. The minimum atomic E-state index is -1.48. The fraction of sp³-hybridized carbons (Fsp3) is 0.750. The van der Waals surface area contributed by atoms with Crippen molar-refractivity contribution in [2.45, 2.75) is 84.3 Å². The second-order valence-corrected chi connectivity index (χ2v) is 10.0. The summed E-state index contributed by atoms with van der Waals surface area (Å²) in [6.07, 6.45) is -2.70. The third-order valence-electron chi connectivity index (χ3n) is 3.62. The van der Waals surface area contributed by atoms with Crippen molar-refractivity contribution in [2.75, 3.05) is 12.8 Å². The van der Waals surface area contributed by atoms with Crippen molar-refractivity contribution in [3.8, 4) is 0 Å². The lowest BCUT2D eigenvalue weighted by atomic mass is 10.1. The molecule has 2 amide bonds. The number of nitrogens with one attached hydrogen (secondary N) is 1. The van der Waals surface area contributed by atoms with E-state index in [0.29, 0.717) is 0 Å². The van der Waals surface area contributed by atoms with Gasteiger partial charge in [0, 0.05) is 26.1 Å². The molecule has 0 saturated carbocycles. The first-order valence-electron chi connectivity index (χ1n) is 10.1. The lowest BCUT2D eigenvalue weighted by Gasteiger charge is -2.29. The van der Waals surface area contributed by atoms with E-state index in [9.17, 15) is 29.1 Å². The summed E-state index contributed by atoms with van der Waals surface area (Å²) >= 11 is 0.828. The van der Waals surface area contributed by atoms with Crippen molar-refractivity contribution < 1.29 is 43.3 Å². The van der Waals surface area contributed by atoms with Gasteiger partial charge in [0.1, 0.15) is 17.7 Å². The summed E-state index contributed by atoms with van der Waals surface area (Å²) < 4.78 is 17.8. The number of nitrogens with two attached hydrogens (primary N) is 1. The number of ether oxygens (including phenoxy) is 3. The van der Waals surface area contributed by atoms with Crippen molar-refractivity contribution >= 4 is 41.9 Å². The molecule has 33 heavy (non-hydrogen) atoms. The van der Waals surface area contributed by atoms with E-state index < -0.39 is 59.8 Å². The van der Waals surface area contributed by atoms with Gasteiger partial charge in [0.25, 0.3) is 0 Å². The first-order valence-corrected chi connectivity index (χ1v) is 11.1. The fourth-order valence-electron chi connectivity index (χ4n) is 2.22. The SMILES string of the molecule is CC(=O)NSC[C@@H](C(=O)OC(=O)[C@@H](N)CC(OC(C)(C)C)C(=O)O)N(C)C(=O)OC(C)(C)C. The molecule has 0 rings (SSSR count). The molecule has 0 bridgehead atoms. The Hall–Kier alpha value is -2.38. The monoisotopic (exact) mass is 493 g/mol. The van der Waals surface area contributed by atoms with Gasteiger partial charge in [-0.05, 0) is 53.5 Å². The standard InChI is InChI=1S/C20H35N3O9S/c1-11(24)22-33-10-13(23(8)18(29)32-20(5,6)7)17(28)30-16(27)12(21)9-14(15(25)26)31-19(2,3)4/h12-14H,9-10,21H2,1-8H3,(H,22,24)(H,25,26)/t12-,13-,14?/m0/s1. The van der Waals surface area contributed by atoms with Gasteiger partial charge < -0.3 is 29.8 Å². The summed E-state index contributed by atoms with van der Waals surface area (Å²) in [6, 6.07) is -2.79. The van der Waals surface area contributed by atoms with Crippen LogP contribution in [0.1, 0.15) is 54.9 Å². The Bertz CT molecular complexity index is 731. The highest BCUT2D eigenvalue weighted by Crippen LogP contribution is 2.17. The lowest BCUT2D eigenvalue weighted by Crippen LogP contribution is -2.49. The Morgan fingerprint density at radius 3 is 2.00 bits per heavy atom. The number of carbonyl (C=O) groups excluding carboxylic acids is 4. The average molecular weight is 494 g/mol. The van der Waals surface area contributed by atoms with Crippen molar-refractivity contribution in [3.05, 3.63) is 0 Å². The van der Waals surface area contributed by atoms with E-state index in [4.69, 9.17) is 19.9 Å². The molecule has 0 radical (unpaired) electrons. The molecule has 4 N–H and O–H groups in total. The van der Waals surface area contributed by atoms with E-state index in [1.807, 2.05) is 0 Å². The minimum absolute atomic E-state index is 0.151. The van der Waals surface area contributed by atoms with Crippen molar-refractivity contribution in [1.82, 2.24) is 9.62 Å². The highest BCUT2D eigenvalue weighted by atomic mass is 32.2. The van der Waals surface area contributed by atoms with Gasteiger partial charge in [-0.1, -0.05) is 0 Å². The Kier molecular flexibility index (Phi) is 11.8. The van der Waals surface area contributed by atoms with Crippen LogP contribution in [0.15, 0.2) is 0 Å². The molecule has 0 aromatic heterocycles. The summed E-state index contributed by atoms with van der Waals surface area (Å²) in [5.74, 6) is -4.17. The van der Waals surface area contributed by atoms with Crippen LogP contribution in [0.25, 0.3) is 0 Å². The Labute approximate surface area is 198 Å². The molecule has 1 unspecified atom stereocenters. The number of rotatable bonds is 10. The van der Waals surface area contributed by atoms with Crippen LogP contribution in [0, 0.1) is 0 Å². The minimum Gasteiger partial charge on any atom is -0.479 e. The van der Waals surface area contributed by atoms with E-state index in [0.717, 1.165) is 16.8 Å². The number of likely N-dealkylation sites (N-methyl/N-ethyl adjacent to an activating group) is 1. The van der Waals surface area contributed by atoms with Crippen LogP contribution in [-0.2, 0) is 33.4 Å². The molecule has 3 atom stereocenters. The van der Waals surface area contributed by atoms with E-state index in [-0.39, 0.29) is 11.7 Å². The Balaban J connectivity index is 5.37. The predicted molar refractivity (Wildman–Crippen MR) is 120 cm³/mol. The molecular weight excluding hydrogens is 458 g/mol. The molecule has 0 aliphatic carbocycles. The molecule has 0 aliphatic heterocycles. The van der Waals surface area contributed by atoms with Crippen LogP contribution in [0.4, 0.5) is 4.79 Å². The summed E-state index contributed by atoms with van der Waals surface area (Å²) in [5, 5.41) is 9.31. The average Bonchev–Trinajstić information content (AvgIpc) is 2.61. The second kappa shape index (κ2) is 12.8. The Morgan fingerprint density at radius 1 is 1.03 bits per heavy atom. The van der Waals surface area contributed by atoms with Gasteiger partial charge >= 0.3 is 24.0 Å². The van der Waals surface area contributed by atoms with Crippen molar-refractivity contribution in [2.24, 2.45) is 5.73 Å². The first-order chi connectivity index (χ1) is 14.8. The van der Waals surface area contributed by atoms with Crippen molar-refractivity contribution in [1.29, 1.82) is 0 Å². The van der Waals surface area contributed by atoms with Crippen LogP contribution in [-0.4, -0.2) is 82.1 Å². The maximum absolute atomic E-state index is 12.7. The van der Waals surface area contributed by atoms with Gasteiger partial charge in [-0.2, -0.15) is 0 Å². The molecule has 12 nitrogen and oxygen atoms in total. The predicted octanol–water partition coefficient (Wildman–Crippen LogP) is 1.06. The molecule has 0 heterocycles. The number of amides is 2. The van der Waals surface area contributed by atoms with Crippen LogP contribution in [0.5, 0.6) is 0 Å².